The SMILES string of the molecule is c1cc(CNc2ccc3c(c2)CCC3)c2c(c1)OCO2. The van der Waals surface area contributed by atoms with Gasteiger partial charge in [-0.3, -0.25) is 0 Å². The van der Waals surface area contributed by atoms with Crippen LogP contribution in [0.2, 0.25) is 0 Å². The molecule has 2 aromatic carbocycles. The maximum Gasteiger partial charge on any atom is 0.231 e. The molecule has 0 saturated heterocycles. The summed E-state index contributed by atoms with van der Waals surface area (Å²) < 4.78 is 10.9. The summed E-state index contributed by atoms with van der Waals surface area (Å²) in [4.78, 5) is 0. The smallest absolute Gasteiger partial charge is 0.231 e. The molecule has 102 valence electrons. The lowest BCUT2D eigenvalue weighted by atomic mass is 10.1. The van der Waals surface area contributed by atoms with Gasteiger partial charge in [0.1, 0.15) is 0 Å². The first-order valence-electron chi connectivity index (χ1n) is 7.13. The Morgan fingerprint density at radius 1 is 1.00 bits per heavy atom. The maximum atomic E-state index is 5.53. The Morgan fingerprint density at radius 3 is 2.95 bits per heavy atom. The lowest BCUT2D eigenvalue weighted by Crippen LogP contribution is -2.01. The molecule has 1 heterocycles. The first-order valence-corrected chi connectivity index (χ1v) is 7.13. The fraction of sp³-hybridized carbons (Fsp3) is 0.294. The third-order valence-corrected chi connectivity index (χ3v) is 4.06. The van der Waals surface area contributed by atoms with Crippen LogP contribution in [-0.4, -0.2) is 6.79 Å². The Labute approximate surface area is 118 Å². The number of anilines is 1. The van der Waals surface area contributed by atoms with Crippen LogP contribution in [0.5, 0.6) is 11.5 Å². The molecule has 0 spiro atoms. The molecule has 3 heteroatoms. The zero-order valence-corrected chi connectivity index (χ0v) is 11.3. The van der Waals surface area contributed by atoms with E-state index >= 15 is 0 Å². The molecule has 2 aromatic rings. The van der Waals surface area contributed by atoms with E-state index in [1.165, 1.54) is 36.1 Å². The summed E-state index contributed by atoms with van der Waals surface area (Å²) in [6, 6.07) is 12.7. The van der Waals surface area contributed by atoms with Crippen LogP contribution in [0.1, 0.15) is 23.1 Å². The van der Waals surface area contributed by atoms with E-state index < -0.39 is 0 Å². The van der Waals surface area contributed by atoms with E-state index in [9.17, 15) is 0 Å². The van der Waals surface area contributed by atoms with Crippen molar-refractivity contribution in [2.24, 2.45) is 0 Å². The van der Waals surface area contributed by atoms with Crippen molar-refractivity contribution in [2.45, 2.75) is 25.8 Å². The third-order valence-electron chi connectivity index (χ3n) is 4.06. The standard InChI is InChI=1S/C17H17NO2/c1-3-12-7-8-15(9-13(12)4-1)18-10-14-5-2-6-16-17(14)20-11-19-16/h2,5-9,18H,1,3-4,10-11H2. The Bertz CT molecular complexity index is 651. The predicted molar refractivity (Wildman–Crippen MR) is 78.4 cm³/mol. The summed E-state index contributed by atoms with van der Waals surface area (Å²) in [7, 11) is 0. The fourth-order valence-electron chi connectivity index (χ4n) is 3.01. The highest BCUT2D eigenvalue weighted by Gasteiger charge is 2.17. The van der Waals surface area contributed by atoms with Gasteiger partial charge in [0.25, 0.3) is 0 Å². The van der Waals surface area contributed by atoms with Gasteiger partial charge in [0.2, 0.25) is 6.79 Å². The molecule has 3 nitrogen and oxygen atoms in total. The molecule has 1 aliphatic heterocycles. The third kappa shape index (κ3) is 1.99. The zero-order valence-electron chi connectivity index (χ0n) is 11.3. The van der Waals surface area contributed by atoms with Crippen molar-refractivity contribution < 1.29 is 9.47 Å². The Hall–Kier alpha value is -2.16. The molecular formula is C17H17NO2. The predicted octanol–water partition coefficient (Wildman–Crippen LogP) is 3.52. The second-order valence-electron chi connectivity index (χ2n) is 5.34. The average Bonchev–Trinajstić information content (AvgIpc) is 3.13. The van der Waals surface area contributed by atoms with E-state index in [-0.39, 0.29) is 0 Å². The quantitative estimate of drug-likeness (QED) is 0.923. The number of benzene rings is 2. The average molecular weight is 267 g/mol. The Kier molecular flexibility index (Phi) is 2.76. The molecule has 0 fully saturated rings. The first-order chi connectivity index (χ1) is 9.90. The number of para-hydroxylation sites is 1. The number of hydrogen-bond acceptors (Lipinski definition) is 3. The molecule has 1 aliphatic carbocycles. The first kappa shape index (κ1) is 11.6. The summed E-state index contributed by atoms with van der Waals surface area (Å²) in [5.74, 6) is 1.72. The van der Waals surface area contributed by atoms with Gasteiger partial charge in [-0.05, 0) is 48.6 Å². The minimum absolute atomic E-state index is 0.325. The van der Waals surface area contributed by atoms with Crippen molar-refractivity contribution in [3.8, 4) is 11.5 Å². The van der Waals surface area contributed by atoms with E-state index in [2.05, 4.69) is 29.6 Å². The van der Waals surface area contributed by atoms with Crippen LogP contribution in [0.4, 0.5) is 5.69 Å². The Balaban J connectivity index is 1.52. The van der Waals surface area contributed by atoms with Gasteiger partial charge in [0.15, 0.2) is 11.5 Å². The summed E-state index contributed by atoms with van der Waals surface area (Å²) in [6.07, 6.45) is 3.73. The minimum atomic E-state index is 0.325. The lowest BCUT2D eigenvalue weighted by molar-refractivity contribution is 0.173. The van der Waals surface area contributed by atoms with Gasteiger partial charge in [0.05, 0.1) is 0 Å². The molecular weight excluding hydrogens is 250 g/mol. The summed E-state index contributed by atoms with van der Waals surface area (Å²) >= 11 is 0. The summed E-state index contributed by atoms with van der Waals surface area (Å²) in [5.41, 5.74) is 5.32. The van der Waals surface area contributed by atoms with E-state index in [0.29, 0.717) is 6.79 Å². The number of fused-ring (bicyclic) bond motifs is 2. The summed E-state index contributed by atoms with van der Waals surface area (Å²) in [6.45, 7) is 1.08. The second-order valence-corrected chi connectivity index (χ2v) is 5.34. The van der Waals surface area contributed by atoms with Crippen LogP contribution in [-0.2, 0) is 19.4 Å². The van der Waals surface area contributed by atoms with Crippen LogP contribution in [0.25, 0.3) is 0 Å². The second kappa shape index (κ2) is 4.75. The molecule has 0 bridgehead atoms. The molecule has 20 heavy (non-hydrogen) atoms. The van der Waals surface area contributed by atoms with E-state index in [1.54, 1.807) is 0 Å². The van der Waals surface area contributed by atoms with Gasteiger partial charge in [-0.15, -0.1) is 0 Å². The van der Waals surface area contributed by atoms with E-state index in [0.717, 1.165) is 23.6 Å². The number of hydrogen-bond donors (Lipinski definition) is 1. The molecule has 0 unspecified atom stereocenters. The highest BCUT2D eigenvalue weighted by atomic mass is 16.7. The molecule has 0 radical (unpaired) electrons. The number of rotatable bonds is 3. The Morgan fingerprint density at radius 2 is 1.95 bits per heavy atom. The van der Waals surface area contributed by atoms with Gasteiger partial charge in [-0.25, -0.2) is 0 Å². The summed E-state index contributed by atoms with van der Waals surface area (Å²) in [5, 5.41) is 3.48. The monoisotopic (exact) mass is 267 g/mol. The minimum Gasteiger partial charge on any atom is -0.454 e. The maximum absolute atomic E-state index is 5.53. The van der Waals surface area contributed by atoms with Crippen molar-refractivity contribution in [3.05, 3.63) is 53.1 Å². The van der Waals surface area contributed by atoms with E-state index in [1.807, 2.05) is 12.1 Å². The van der Waals surface area contributed by atoms with Crippen molar-refractivity contribution in [2.75, 3.05) is 12.1 Å². The highest BCUT2D eigenvalue weighted by Crippen LogP contribution is 2.35. The van der Waals surface area contributed by atoms with E-state index in [4.69, 9.17) is 9.47 Å². The van der Waals surface area contributed by atoms with Gasteiger partial charge < -0.3 is 14.8 Å². The highest BCUT2D eigenvalue weighted by molar-refractivity contribution is 5.53. The molecule has 4 rings (SSSR count). The van der Waals surface area contributed by atoms with Gasteiger partial charge in [0, 0.05) is 17.8 Å². The van der Waals surface area contributed by atoms with Crippen molar-refractivity contribution in [1.82, 2.24) is 0 Å². The lowest BCUT2D eigenvalue weighted by Gasteiger charge is -2.10. The normalized spacial score (nSPS) is 15.2. The molecule has 0 aromatic heterocycles. The van der Waals surface area contributed by atoms with Crippen LogP contribution in [0, 0.1) is 0 Å². The number of aryl methyl sites for hydroxylation is 2. The molecule has 0 amide bonds. The molecule has 1 N–H and O–H groups in total. The van der Waals surface area contributed by atoms with Crippen LogP contribution in [0.3, 0.4) is 0 Å². The van der Waals surface area contributed by atoms with Gasteiger partial charge >= 0.3 is 0 Å². The van der Waals surface area contributed by atoms with Crippen molar-refractivity contribution in [1.29, 1.82) is 0 Å². The van der Waals surface area contributed by atoms with Crippen molar-refractivity contribution >= 4 is 5.69 Å². The largest absolute Gasteiger partial charge is 0.454 e. The topological polar surface area (TPSA) is 30.5 Å². The molecule has 0 saturated carbocycles. The van der Waals surface area contributed by atoms with Crippen LogP contribution in [0.15, 0.2) is 36.4 Å². The van der Waals surface area contributed by atoms with Gasteiger partial charge in [-0.2, -0.15) is 0 Å². The zero-order chi connectivity index (χ0) is 13.4. The van der Waals surface area contributed by atoms with Crippen LogP contribution < -0.4 is 14.8 Å². The number of ether oxygens (including phenoxy) is 2. The van der Waals surface area contributed by atoms with Crippen molar-refractivity contribution in [3.63, 3.8) is 0 Å². The molecule has 2 aliphatic rings. The number of nitrogens with one attached hydrogen (secondary N) is 1. The molecule has 0 atom stereocenters. The van der Waals surface area contributed by atoms with Crippen LogP contribution >= 0.6 is 0 Å². The van der Waals surface area contributed by atoms with Gasteiger partial charge in [-0.1, -0.05) is 18.2 Å². The fourth-order valence-corrected chi connectivity index (χ4v) is 3.01.